The lowest BCUT2D eigenvalue weighted by Crippen LogP contribution is -2.43. The zero-order valence-electron chi connectivity index (χ0n) is 10.5. The molecule has 0 spiro atoms. The summed E-state index contributed by atoms with van der Waals surface area (Å²) < 4.78 is 5.52. The number of hydrogen-bond donors (Lipinski definition) is 2. The lowest BCUT2D eigenvalue weighted by molar-refractivity contribution is 0.103. The van der Waals surface area contributed by atoms with Crippen molar-refractivity contribution >= 4 is 0 Å². The fraction of sp³-hybridized carbons (Fsp3) is 1.00. The molecule has 3 rings (SSSR count). The summed E-state index contributed by atoms with van der Waals surface area (Å²) in [6.45, 7) is 5.68. The summed E-state index contributed by atoms with van der Waals surface area (Å²) in [6.07, 6.45) is 3.25. The third-order valence-corrected chi connectivity index (χ3v) is 5.07. The first-order valence-corrected chi connectivity index (χ1v) is 6.91. The van der Waals surface area contributed by atoms with Crippen LogP contribution in [0.15, 0.2) is 0 Å². The summed E-state index contributed by atoms with van der Waals surface area (Å²) >= 11 is 0. The lowest BCUT2D eigenvalue weighted by atomic mass is 9.87. The molecule has 1 saturated carbocycles. The Bertz CT molecular complexity index is 279. The standard InChI is InChI=1S/C13H24N2O2/c14-7-13(3-4-17-9-13)8-15-5-10-1-2-12(16)11(10)6-15/h10-12,16H,1-9,14H2. The number of rotatable bonds is 3. The van der Waals surface area contributed by atoms with Gasteiger partial charge in [0.1, 0.15) is 0 Å². The van der Waals surface area contributed by atoms with Crippen LogP contribution in [0.2, 0.25) is 0 Å². The molecule has 0 bridgehead atoms. The lowest BCUT2D eigenvalue weighted by Gasteiger charge is -2.31. The quantitative estimate of drug-likeness (QED) is 0.732. The van der Waals surface area contributed by atoms with Crippen molar-refractivity contribution in [3.8, 4) is 0 Å². The van der Waals surface area contributed by atoms with E-state index in [-0.39, 0.29) is 11.5 Å². The van der Waals surface area contributed by atoms with Crippen molar-refractivity contribution in [1.82, 2.24) is 4.90 Å². The fourth-order valence-corrected chi connectivity index (χ4v) is 3.93. The van der Waals surface area contributed by atoms with Crippen LogP contribution in [-0.4, -0.2) is 55.5 Å². The maximum absolute atomic E-state index is 9.92. The van der Waals surface area contributed by atoms with Crippen LogP contribution in [-0.2, 0) is 4.74 Å². The zero-order valence-corrected chi connectivity index (χ0v) is 10.5. The van der Waals surface area contributed by atoms with Gasteiger partial charge in [0.25, 0.3) is 0 Å². The van der Waals surface area contributed by atoms with Gasteiger partial charge in [0.2, 0.25) is 0 Å². The first-order chi connectivity index (χ1) is 8.22. The van der Waals surface area contributed by atoms with E-state index in [9.17, 15) is 5.11 Å². The Morgan fingerprint density at radius 1 is 1.35 bits per heavy atom. The van der Waals surface area contributed by atoms with Gasteiger partial charge in [0, 0.05) is 44.1 Å². The van der Waals surface area contributed by atoms with Crippen LogP contribution < -0.4 is 5.73 Å². The van der Waals surface area contributed by atoms with Gasteiger partial charge in [-0.25, -0.2) is 0 Å². The predicted octanol–water partition coefficient (Wildman–Crippen LogP) is 0.0545. The summed E-state index contributed by atoms with van der Waals surface area (Å²) in [5.74, 6) is 1.24. The SMILES string of the molecule is NCC1(CN2CC3CCC(O)C3C2)CCOC1. The van der Waals surface area contributed by atoms with Crippen molar-refractivity contribution in [2.24, 2.45) is 23.0 Å². The third kappa shape index (κ3) is 2.12. The van der Waals surface area contributed by atoms with Gasteiger partial charge in [-0.3, -0.25) is 0 Å². The highest BCUT2D eigenvalue weighted by atomic mass is 16.5. The first kappa shape index (κ1) is 11.9. The fourth-order valence-electron chi connectivity index (χ4n) is 3.93. The third-order valence-electron chi connectivity index (χ3n) is 5.07. The summed E-state index contributed by atoms with van der Waals surface area (Å²) in [7, 11) is 0. The van der Waals surface area contributed by atoms with E-state index < -0.39 is 0 Å². The van der Waals surface area contributed by atoms with E-state index >= 15 is 0 Å². The predicted molar refractivity (Wildman–Crippen MR) is 65.6 cm³/mol. The molecule has 0 aromatic rings. The van der Waals surface area contributed by atoms with E-state index in [0.29, 0.717) is 5.92 Å². The smallest absolute Gasteiger partial charge is 0.0583 e. The van der Waals surface area contributed by atoms with Crippen molar-refractivity contribution in [3.63, 3.8) is 0 Å². The second-order valence-corrected chi connectivity index (χ2v) is 6.27. The Kier molecular flexibility index (Phi) is 3.15. The molecule has 0 amide bonds. The molecule has 98 valence electrons. The van der Waals surface area contributed by atoms with Crippen molar-refractivity contribution in [3.05, 3.63) is 0 Å². The topological polar surface area (TPSA) is 58.7 Å². The van der Waals surface area contributed by atoms with Gasteiger partial charge in [0.05, 0.1) is 12.7 Å². The molecular weight excluding hydrogens is 216 g/mol. The van der Waals surface area contributed by atoms with Gasteiger partial charge in [-0.1, -0.05) is 0 Å². The molecule has 1 aliphatic carbocycles. The second-order valence-electron chi connectivity index (χ2n) is 6.27. The van der Waals surface area contributed by atoms with E-state index in [1.807, 2.05) is 0 Å². The molecule has 2 heterocycles. The molecule has 4 atom stereocenters. The maximum atomic E-state index is 9.92. The molecule has 0 radical (unpaired) electrons. The van der Waals surface area contributed by atoms with Crippen molar-refractivity contribution in [2.45, 2.75) is 25.4 Å². The van der Waals surface area contributed by atoms with E-state index in [1.165, 1.54) is 6.42 Å². The molecule has 2 saturated heterocycles. The van der Waals surface area contributed by atoms with Gasteiger partial charge in [-0.05, 0) is 25.2 Å². The molecule has 4 nitrogen and oxygen atoms in total. The molecule has 2 aliphatic heterocycles. The summed E-state index contributed by atoms with van der Waals surface area (Å²) in [4.78, 5) is 2.51. The Balaban J connectivity index is 1.60. The van der Waals surface area contributed by atoms with E-state index in [2.05, 4.69) is 4.90 Å². The van der Waals surface area contributed by atoms with Crippen molar-refractivity contribution in [2.75, 3.05) is 39.4 Å². The number of fused-ring (bicyclic) bond motifs is 1. The largest absolute Gasteiger partial charge is 0.393 e. The molecular formula is C13H24N2O2. The van der Waals surface area contributed by atoms with Crippen molar-refractivity contribution in [1.29, 1.82) is 0 Å². The number of nitrogens with two attached hydrogens (primary N) is 1. The van der Waals surface area contributed by atoms with Crippen LogP contribution in [0.5, 0.6) is 0 Å². The highest BCUT2D eigenvalue weighted by molar-refractivity contribution is 4.96. The van der Waals surface area contributed by atoms with Crippen LogP contribution in [0.4, 0.5) is 0 Å². The van der Waals surface area contributed by atoms with Crippen LogP contribution in [0.25, 0.3) is 0 Å². The normalized spacial score (nSPS) is 46.6. The van der Waals surface area contributed by atoms with Gasteiger partial charge in [0.15, 0.2) is 0 Å². The second kappa shape index (κ2) is 4.50. The van der Waals surface area contributed by atoms with Gasteiger partial charge in [-0.2, -0.15) is 0 Å². The Hall–Kier alpha value is -0.160. The Morgan fingerprint density at radius 3 is 2.88 bits per heavy atom. The summed E-state index contributed by atoms with van der Waals surface area (Å²) in [6, 6.07) is 0. The highest BCUT2D eigenvalue weighted by Gasteiger charge is 2.44. The Labute approximate surface area is 103 Å². The van der Waals surface area contributed by atoms with Gasteiger partial charge in [-0.15, -0.1) is 0 Å². The van der Waals surface area contributed by atoms with E-state index in [0.717, 1.165) is 58.2 Å². The molecule has 0 aromatic carbocycles. The summed E-state index contributed by atoms with van der Waals surface area (Å²) in [5, 5.41) is 9.92. The van der Waals surface area contributed by atoms with E-state index in [1.54, 1.807) is 0 Å². The number of likely N-dealkylation sites (tertiary alicyclic amines) is 1. The number of aliphatic hydroxyl groups is 1. The molecule has 3 N–H and O–H groups in total. The molecule has 3 fully saturated rings. The van der Waals surface area contributed by atoms with Crippen LogP contribution in [0.1, 0.15) is 19.3 Å². The van der Waals surface area contributed by atoms with Crippen molar-refractivity contribution < 1.29 is 9.84 Å². The molecule has 4 unspecified atom stereocenters. The number of nitrogens with zero attached hydrogens (tertiary/aromatic N) is 1. The summed E-state index contributed by atoms with van der Waals surface area (Å²) in [5.41, 5.74) is 6.12. The average Bonchev–Trinajstić information content (AvgIpc) is 2.99. The number of ether oxygens (including phenoxy) is 1. The zero-order chi connectivity index (χ0) is 11.9. The van der Waals surface area contributed by atoms with Gasteiger partial charge >= 0.3 is 0 Å². The number of aliphatic hydroxyl groups excluding tert-OH is 1. The minimum atomic E-state index is -0.0568. The average molecular weight is 240 g/mol. The number of hydrogen-bond acceptors (Lipinski definition) is 4. The minimum absolute atomic E-state index is 0.0568. The Morgan fingerprint density at radius 2 is 2.24 bits per heavy atom. The van der Waals surface area contributed by atoms with Crippen LogP contribution >= 0.6 is 0 Å². The molecule has 0 aromatic heterocycles. The molecule has 3 aliphatic rings. The first-order valence-electron chi connectivity index (χ1n) is 6.91. The minimum Gasteiger partial charge on any atom is -0.393 e. The molecule has 4 heteroatoms. The van der Waals surface area contributed by atoms with Crippen LogP contribution in [0, 0.1) is 17.3 Å². The highest BCUT2D eigenvalue weighted by Crippen LogP contribution is 2.40. The van der Waals surface area contributed by atoms with Gasteiger partial charge < -0.3 is 20.5 Å². The monoisotopic (exact) mass is 240 g/mol. The molecule has 17 heavy (non-hydrogen) atoms. The maximum Gasteiger partial charge on any atom is 0.0583 e. The van der Waals surface area contributed by atoms with E-state index in [4.69, 9.17) is 10.5 Å². The van der Waals surface area contributed by atoms with Crippen LogP contribution in [0.3, 0.4) is 0 Å².